The molecule has 140 valence electrons. The van der Waals surface area contributed by atoms with Gasteiger partial charge in [-0.2, -0.15) is 13.2 Å². The van der Waals surface area contributed by atoms with Gasteiger partial charge in [0.15, 0.2) is 6.61 Å². The van der Waals surface area contributed by atoms with Crippen molar-refractivity contribution in [2.75, 3.05) is 31.6 Å². The van der Waals surface area contributed by atoms with Gasteiger partial charge >= 0.3 is 6.18 Å². The van der Waals surface area contributed by atoms with Crippen LogP contribution in [0.5, 0.6) is 5.88 Å². The summed E-state index contributed by atoms with van der Waals surface area (Å²) in [6.45, 7) is -0.561. The molecule has 0 fully saturated rings. The van der Waals surface area contributed by atoms with Gasteiger partial charge in [-0.05, 0) is 18.2 Å². The molecule has 1 aromatic heterocycles. The molecule has 5 nitrogen and oxygen atoms in total. The molecular weight excluding hydrogens is 371 g/mol. The Hall–Kier alpha value is -2.48. The molecule has 0 saturated carbocycles. The lowest BCUT2D eigenvalue weighted by molar-refractivity contribution is -0.154. The summed E-state index contributed by atoms with van der Waals surface area (Å²) >= 11 is 5.82. The first-order valence-corrected chi connectivity index (χ1v) is 8.03. The number of anilines is 1. The number of hydrogen-bond acceptors (Lipinski definition) is 4. The monoisotopic (exact) mass is 387 g/mol. The Morgan fingerprint density at radius 2 is 2.00 bits per heavy atom. The Bertz CT molecular complexity index is 742. The maximum Gasteiger partial charge on any atom is 0.422 e. The SMILES string of the molecule is CN(CCNC(=O)c1cnc(OCC(F)(F)F)c(Cl)c1)c1ccccc1. The van der Waals surface area contributed by atoms with Gasteiger partial charge < -0.3 is 15.0 Å². The number of ether oxygens (including phenoxy) is 1. The van der Waals surface area contributed by atoms with Crippen molar-refractivity contribution in [1.29, 1.82) is 0 Å². The van der Waals surface area contributed by atoms with E-state index in [-0.39, 0.29) is 16.5 Å². The summed E-state index contributed by atoms with van der Waals surface area (Å²) in [6, 6.07) is 10.9. The zero-order valence-corrected chi connectivity index (χ0v) is 14.6. The molecule has 0 aliphatic rings. The highest BCUT2D eigenvalue weighted by molar-refractivity contribution is 6.32. The number of likely N-dealkylation sites (N-methyl/N-ethyl adjacent to an activating group) is 1. The van der Waals surface area contributed by atoms with E-state index in [2.05, 4.69) is 15.0 Å². The molecule has 1 aromatic carbocycles. The van der Waals surface area contributed by atoms with Crippen molar-refractivity contribution in [2.45, 2.75) is 6.18 Å². The zero-order chi connectivity index (χ0) is 19.2. The number of pyridine rings is 1. The summed E-state index contributed by atoms with van der Waals surface area (Å²) in [4.78, 5) is 17.7. The minimum Gasteiger partial charge on any atom is -0.467 e. The summed E-state index contributed by atoms with van der Waals surface area (Å²) in [6.07, 6.45) is -3.38. The van der Waals surface area contributed by atoms with Crippen molar-refractivity contribution in [2.24, 2.45) is 0 Å². The van der Waals surface area contributed by atoms with Crippen molar-refractivity contribution in [3.63, 3.8) is 0 Å². The van der Waals surface area contributed by atoms with Crippen LogP contribution in [0.4, 0.5) is 18.9 Å². The highest BCUT2D eigenvalue weighted by Gasteiger charge is 2.29. The number of alkyl halides is 3. The van der Waals surface area contributed by atoms with Crippen LogP contribution in [0.3, 0.4) is 0 Å². The molecule has 0 aliphatic heterocycles. The first kappa shape index (κ1) is 19.8. The molecule has 0 spiro atoms. The molecular formula is C17H17ClF3N3O2. The number of carbonyl (C=O) groups excluding carboxylic acids is 1. The van der Waals surface area contributed by atoms with Crippen LogP contribution >= 0.6 is 11.6 Å². The molecule has 1 N–H and O–H groups in total. The third-order valence-corrected chi connectivity index (χ3v) is 3.64. The van der Waals surface area contributed by atoms with Gasteiger partial charge in [0.1, 0.15) is 5.02 Å². The maximum absolute atomic E-state index is 12.1. The normalized spacial score (nSPS) is 11.1. The van der Waals surface area contributed by atoms with Crippen molar-refractivity contribution in [3.05, 3.63) is 53.2 Å². The molecule has 0 bridgehead atoms. The Morgan fingerprint density at radius 1 is 1.31 bits per heavy atom. The van der Waals surface area contributed by atoms with Gasteiger partial charge in [0.2, 0.25) is 5.88 Å². The van der Waals surface area contributed by atoms with Crippen LogP contribution in [0.2, 0.25) is 5.02 Å². The van der Waals surface area contributed by atoms with E-state index >= 15 is 0 Å². The molecule has 2 rings (SSSR count). The number of benzene rings is 1. The van der Waals surface area contributed by atoms with Gasteiger partial charge in [0, 0.05) is 32.0 Å². The van der Waals surface area contributed by atoms with E-state index in [0.717, 1.165) is 11.9 Å². The van der Waals surface area contributed by atoms with Crippen LogP contribution in [-0.4, -0.2) is 43.8 Å². The minimum absolute atomic E-state index is 0.136. The molecule has 0 atom stereocenters. The van der Waals surface area contributed by atoms with Gasteiger partial charge in [0.05, 0.1) is 5.56 Å². The van der Waals surface area contributed by atoms with Crippen LogP contribution < -0.4 is 15.0 Å². The van der Waals surface area contributed by atoms with Gasteiger partial charge in [0.25, 0.3) is 5.91 Å². The van der Waals surface area contributed by atoms with E-state index in [1.54, 1.807) is 0 Å². The highest BCUT2D eigenvalue weighted by Crippen LogP contribution is 2.24. The van der Waals surface area contributed by atoms with Crippen LogP contribution in [0.25, 0.3) is 0 Å². The lowest BCUT2D eigenvalue weighted by Gasteiger charge is -2.19. The fourth-order valence-electron chi connectivity index (χ4n) is 2.06. The fraction of sp³-hybridized carbons (Fsp3) is 0.294. The summed E-state index contributed by atoms with van der Waals surface area (Å²) in [5, 5.41) is 2.54. The Labute approximate surface area is 153 Å². The molecule has 0 aliphatic carbocycles. The van der Waals surface area contributed by atoms with Crippen molar-refractivity contribution < 1.29 is 22.7 Å². The minimum atomic E-state index is -4.49. The van der Waals surface area contributed by atoms with E-state index in [4.69, 9.17) is 11.6 Å². The fourth-order valence-corrected chi connectivity index (χ4v) is 2.28. The largest absolute Gasteiger partial charge is 0.467 e. The number of halogens is 4. The van der Waals surface area contributed by atoms with Crippen LogP contribution in [0.1, 0.15) is 10.4 Å². The predicted molar refractivity (Wildman–Crippen MR) is 92.8 cm³/mol. The number of carbonyl (C=O) groups is 1. The molecule has 0 radical (unpaired) electrons. The first-order valence-electron chi connectivity index (χ1n) is 7.66. The molecule has 0 saturated heterocycles. The van der Waals surface area contributed by atoms with Gasteiger partial charge in [-0.15, -0.1) is 0 Å². The second-order valence-electron chi connectivity index (χ2n) is 5.43. The second-order valence-corrected chi connectivity index (χ2v) is 5.84. The number of rotatable bonds is 7. The lowest BCUT2D eigenvalue weighted by Crippen LogP contribution is -2.33. The number of nitrogens with one attached hydrogen (secondary N) is 1. The van der Waals surface area contributed by atoms with E-state index in [1.165, 1.54) is 6.07 Å². The van der Waals surface area contributed by atoms with Crippen LogP contribution in [-0.2, 0) is 0 Å². The summed E-state index contributed by atoms with van der Waals surface area (Å²) in [7, 11) is 1.90. The maximum atomic E-state index is 12.1. The van der Waals surface area contributed by atoms with E-state index in [9.17, 15) is 18.0 Å². The molecule has 0 unspecified atom stereocenters. The Morgan fingerprint density at radius 3 is 2.62 bits per heavy atom. The molecule has 1 amide bonds. The highest BCUT2D eigenvalue weighted by atomic mass is 35.5. The first-order chi connectivity index (χ1) is 12.3. The number of amides is 1. The van der Waals surface area contributed by atoms with E-state index < -0.39 is 18.7 Å². The van der Waals surface area contributed by atoms with E-state index in [1.807, 2.05) is 42.3 Å². The lowest BCUT2D eigenvalue weighted by atomic mass is 10.2. The number of hydrogen-bond donors (Lipinski definition) is 1. The third kappa shape index (κ3) is 6.11. The third-order valence-electron chi connectivity index (χ3n) is 3.37. The zero-order valence-electron chi connectivity index (χ0n) is 13.9. The molecule has 1 heterocycles. The Balaban J connectivity index is 1.86. The van der Waals surface area contributed by atoms with Gasteiger partial charge in [-0.1, -0.05) is 29.8 Å². The van der Waals surface area contributed by atoms with Crippen LogP contribution in [0.15, 0.2) is 42.6 Å². The van der Waals surface area contributed by atoms with Gasteiger partial charge in [-0.25, -0.2) is 4.98 Å². The Kier molecular flexibility index (Phi) is 6.68. The standard InChI is InChI=1S/C17H17ClF3N3O2/c1-24(13-5-3-2-4-6-13)8-7-22-15(25)12-9-14(18)16(23-10-12)26-11-17(19,20)21/h2-6,9-10H,7-8,11H2,1H3,(H,22,25). The van der Waals surface area contributed by atoms with Crippen molar-refractivity contribution in [3.8, 4) is 5.88 Å². The van der Waals surface area contributed by atoms with Gasteiger partial charge in [-0.3, -0.25) is 4.79 Å². The average Bonchev–Trinajstić information content (AvgIpc) is 2.60. The molecule has 9 heteroatoms. The van der Waals surface area contributed by atoms with Crippen LogP contribution in [0, 0.1) is 0 Å². The summed E-state index contributed by atoms with van der Waals surface area (Å²) < 4.78 is 40.9. The summed E-state index contributed by atoms with van der Waals surface area (Å²) in [5.41, 5.74) is 1.15. The van der Waals surface area contributed by atoms with Crippen molar-refractivity contribution >= 4 is 23.2 Å². The molecule has 26 heavy (non-hydrogen) atoms. The van der Waals surface area contributed by atoms with Crippen molar-refractivity contribution in [1.82, 2.24) is 10.3 Å². The average molecular weight is 388 g/mol. The smallest absolute Gasteiger partial charge is 0.422 e. The topological polar surface area (TPSA) is 54.5 Å². The summed E-state index contributed by atoms with van der Waals surface area (Å²) in [5.74, 6) is -0.799. The predicted octanol–water partition coefficient (Wildman–Crippen LogP) is 3.54. The quantitative estimate of drug-likeness (QED) is 0.789. The number of nitrogens with zero attached hydrogens (tertiary/aromatic N) is 2. The van der Waals surface area contributed by atoms with E-state index in [0.29, 0.717) is 13.1 Å². The molecule has 2 aromatic rings. The number of aromatic nitrogens is 1. The number of para-hydroxylation sites is 1. The second kappa shape index (κ2) is 8.75.